The summed E-state index contributed by atoms with van der Waals surface area (Å²) in [5, 5.41) is 13.3. The summed E-state index contributed by atoms with van der Waals surface area (Å²) in [5.74, 6) is 0. The Bertz CT molecular complexity index is 1100. The summed E-state index contributed by atoms with van der Waals surface area (Å²) in [4.78, 5) is 0. The van der Waals surface area contributed by atoms with E-state index >= 15 is 0 Å². The molecule has 0 atom stereocenters. The molecule has 0 saturated carbocycles. The second kappa shape index (κ2) is 8.31. The average molecular weight is 392 g/mol. The molecule has 0 amide bonds. The van der Waals surface area contributed by atoms with Crippen LogP contribution in [-0.4, -0.2) is 0 Å². The summed E-state index contributed by atoms with van der Waals surface area (Å²) >= 11 is 0. The smallest absolute Gasteiger partial charge is 0.101 e. The van der Waals surface area contributed by atoms with Gasteiger partial charge in [-0.1, -0.05) is 103 Å². The van der Waals surface area contributed by atoms with Gasteiger partial charge >= 0.3 is 0 Å². The number of nitriles is 1. The van der Waals surface area contributed by atoms with Gasteiger partial charge in [-0.3, -0.25) is 4.74 Å². The third-order valence-electron chi connectivity index (χ3n) is 5.00. The number of nitrogens with zero attached hydrogens (tertiary/aromatic N) is 2. The van der Waals surface area contributed by atoms with Crippen molar-refractivity contribution in [1.29, 1.82) is 5.26 Å². The van der Waals surface area contributed by atoms with E-state index < -0.39 is 7.05 Å². The third-order valence-corrected chi connectivity index (χ3v) is 8.63. The molecule has 0 aliphatic heterocycles. The van der Waals surface area contributed by atoms with Crippen LogP contribution in [0.2, 0.25) is 0 Å². The van der Waals surface area contributed by atoms with Crippen molar-refractivity contribution in [2.45, 2.75) is 6.92 Å². The molecular formula is C26H21N2P. The molecule has 0 fully saturated rings. The van der Waals surface area contributed by atoms with Crippen molar-refractivity contribution in [1.82, 2.24) is 0 Å². The molecule has 0 aliphatic carbocycles. The molecule has 3 heteroatoms. The van der Waals surface area contributed by atoms with Gasteiger partial charge in [0.05, 0.1) is 18.3 Å². The second-order valence-corrected chi connectivity index (χ2v) is 9.84. The highest BCUT2D eigenvalue weighted by atomic mass is 31.2. The fourth-order valence-corrected chi connectivity index (χ4v) is 7.20. The Balaban J connectivity index is 2.20. The van der Waals surface area contributed by atoms with Crippen LogP contribution in [-0.2, 0) is 0 Å². The molecule has 0 bridgehead atoms. The molecular weight excluding hydrogens is 371 g/mol. The van der Waals surface area contributed by atoms with Crippen LogP contribution in [0.1, 0.15) is 11.1 Å². The fourth-order valence-electron chi connectivity index (χ4n) is 3.58. The fraction of sp³-hybridized carbons (Fsp3) is 0.0385. The van der Waals surface area contributed by atoms with Gasteiger partial charge in [-0.15, -0.1) is 0 Å². The van der Waals surface area contributed by atoms with Gasteiger partial charge in [-0.2, -0.15) is 5.26 Å². The molecule has 0 saturated heterocycles. The maximum absolute atomic E-state index is 9.75. The van der Waals surface area contributed by atoms with Crippen molar-refractivity contribution in [3.63, 3.8) is 0 Å². The molecule has 140 valence electrons. The van der Waals surface area contributed by atoms with Gasteiger partial charge in [0.15, 0.2) is 0 Å². The molecule has 0 spiro atoms. The minimum Gasteiger partial charge on any atom is -0.252 e. The second-order valence-electron chi connectivity index (χ2n) is 6.82. The van der Waals surface area contributed by atoms with Crippen molar-refractivity contribution in [3.05, 3.63) is 120 Å². The minimum absolute atomic E-state index is 0.608. The monoisotopic (exact) mass is 392 g/mol. The quantitative estimate of drug-likeness (QED) is 0.412. The van der Waals surface area contributed by atoms with Gasteiger partial charge in [0, 0.05) is 15.9 Å². The summed E-state index contributed by atoms with van der Waals surface area (Å²) in [7, 11) is -2.37. The number of rotatable bonds is 4. The average Bonchev–Trinajstić information content (AvgIpc) is 2.80. The summed E-state index contributed by atoms with van der Waals surface area (Å²) < 4.78 is 5.46. The van der Waals surface area contributed by atoms with Crippen LogP contribution < -0.4 is 15.9 Å². The third kappa shape index (κ3) is 3.54. The lowest BCUT2D eigenvalue weighted by atomic mass is 10.1. The lowest BCUT2D eigenvalue weighted by molar-refractivity contribution is 1.37. The van der Waals surface area contributed by atoms with Crippen molar-refractivity contribution in [2.75, 3.05) is 0 Å². The standard InChI is InChI=1S/C26H21N2P/c1-21-12-11-13-22(20-27)26(21)28-29(23-14-5-2-6-15-23,24-16-7-3-8-17-24)25-18-9-4-10-19-25/h2-19H,1H3. The summed E-state index contributed by atoms with van der Waals surface area (Å²) in [6, 6.07) is 39.5. The van der Waals surface area contributed by atoms with Crippen LogP contribution in [0.3, 0.4) is 0 Å². The van der Waals surface area contributed by atoms with E-state index in [1.165, 1.54) is 15.9 Å². The van der Waals surface area contributed by atoms with Crippen LogP contribution >= 0.6 is 7.05 Å². The molecule has 0 N–H and O–H groups in total. The highest BCUT2D eigenvalue weighted by Crippen LogP contribution is 2.50. The van der Waals surface area contributed by atoms with Crippen LogP contribution in [0.25, 0.3) is 0 Å². The first kappa shape index (κ1) is 18.9. The molecule has 0 heterocycles. The molecule has 0 aromatic heterocycles. The van der Waals surface area contributed by atoms with Gasteiger partial charge in [-0.25, -0.2) is 0 Å². The molecule has 4 aromatic rings. The van der Waals surface area contributed by atoms with E-state index in [0.717, 1.165) is 11.3 Å². The lowest BCUT2D eigenvalue weighted by Crippen LogP contribution is -2.25. The van der Waals surface area contributed by atoms with E-state index in [1.54, 1.807) is 0 Å². The molecule has 29 heavy (non-hydrogen) atoms. The highest BCUT2D eigenvalue weighted by Gasteiger charge is 2.28. The van der Waals surface area contributed by atoms with Gasteiger partial charge in [0.25, 0.3) is 0 Å². The van der Waals surface area contributed by atoms with Crippen LogP contribution in [0.5, 0.6) is 0 Å². The topological polar surface area (TPSA) is 36.1 Å². The van der Waals surface area contributed by atoms with E-state index in [2.05, 4.69) is 78.9 Å². The van der Waals surface area contributed by atoms with Gasteiger partial charge in [0.2, 0.25) is 0 Å². The van der Waals surface area contributed by atoms with Crippen LogP contribution in [0.4, 0.5) is 5.69 Å². The van der Waals surface area contributed by atoms with Crippen LogP contribution in [0, 0.1) is 18.3 Å². The van der Waals surface area contributed by atoms with E-state index in [0.29, 0.717) is 5.56 Å². The SMILES string of the molecule is Cc1cccc(C#N)c1N=P(c1ccccc1)(c1ccccc1)c1ccccc1. The Kier molecular flexibility index (Phi) is 5.43. The molecule has 4 aromatic carbocycles. The van der Waals surface area contributed by atoms with Crippen molar-refractivity contribution < 1.29 is 0 Å². The Morgan fingerprint density at radius 1 is 0.621 bits per heavy atom. The number of aryl methyl sites for hydroxylation is 1. The zero-order chi connectivity index (χ0) is 20.1. The highest BCUT2D eigenvalue weighted by molar-refractivity contribution is 7.87. The Labute approximate surface area is 172 Å². The van der Waals surface area contributed by atoms with Gasteiger partial charge in [0.1, 0.15) is 6.07 Å². The predicted octanol–water partition coefficient (Wildman–Crippen LogP) is 5.68. The van der Waals surface area contributed by atoms with Gasteiger partial charge < -0.3 is 0 Å². The van der Waals surface area contributed by atoms with E-state index in [1.807, 2.05) is 43.3 Å². The first-order valence-electron chi connectivity index (χ1n) is 9.54. The Morgan fingerprint density at radius 2 is 1.07 bits per heavy atom. The Morgan fingerprint density at radius 3 is 1.48 bits per heavy atom. The predicted molar refractivity (Wildman–Crippen MR) is 123 cm³/mol. The number of benzene rings is 4. The molecule has 0 aliphatic rings. The van der Waals surface area contributed by atoms with Crippen molar-refractivity contribution >= 4 is 28.7 Å². The van der Waals surface area contributed by atoms with Crippen molar-refractivity contribution in [2.24, 2.45) is 4.74 Å². The minimum atomic E-state index is -2.37. The summed E-state index contributed by atoms with van der Waals surface area (Å²) in [5.41, 5.74) is 2.40. The molecule has 2 nitrogen and oxygen atoms in total. The van der Waals surface area contributed by atoms with Crippen molar-refractivity contribution in [3.8, 4) is 6.07 Å². The zero-order valence-corrected chi connectivity index (χ0v) is 17.1. The first-order valence-corrected chi connectivity index (χ1v) is 11.3. The molecule has 0 unspecified atom stereocenters. The largest absolute Gasteiger partial charge is 0.252 e. The maximum Gasteiger partial charge on any atom is 0.101 e. The van der Waals surface area contributed by atoms with E-state index in [-0.39, 0.29) is 0 Å². The first-order chi connectivity index (χ1) is 14.3. The molecule has 0 radical (unpaired) electrons. The van der Waals surface area contributed by atoms with E-state index in [4.69, 9.17) is 4.74 Å². The van der Waals surface area contributed by atoms with Crippen LogP contribution in [0.15, 0.2) is 114 Å². The molecule has 4 rings (SSSR count). The summed E-state index contributed by atoms with van der Waals surface area (Å²) in [6.45, 7) is 2.02. The number of hydrogen-bond donors (Lipinski definition) is 0. The van der Waals surface area contributed by atoms with E-state index in [9.17, 15) is 5.26 Å². The number of hydrogen-bond acceptors (Lipinski definition) is 2. The lowest BCUT2D eigenvalue weighted by Gasteiger charge is -2.27. The maximum atomic E-state index is 9.75. The van der Waals surface area contributed by atoms with Gasteiger partial charge in [-0.05, 0) is 18.6 Å². The normalized spacial score (nSPS) is 10.9. The summed E-state index contributed by atoms with van der Waals surface area (Å²) in [6.07, 6.45) is 0. The zero-order valence-electron chi connectivity index (χ0n) is 16.2. The Hall–Kier alpha value is -3.40.